The van der Waals surface area contributed by atoms with Crippen molar-refractivity contribution in [2.24, 2.45) is 0 Å². The van der Waals surface area contributed by atoms with Crippen molar-refractivity contribution < 1.29 is 27.8 Å². The van der Waals surface area contributed by atoms with Gasteiger partial charge < -0.3 is 9.84 Å². The molecule has 0 aliphatic rings. The van der Waals surface area contributed by atoms with E-state index in [0.29, 0.717) is 0 Å². The van der Waals surface area contributed by atoms with Crippen LogP contribution in [0.25, 0.3) is 0 Å². The van der Waals surface area contributed by atoms with Gasteiger partial charge in [-0.25, -0.2) is 0 Å². The number of alkyl halides is 3. The van der Waals surface area contributed by atoms with E-state index >= 15 is 0 Å². The molecule has 1 aromatic rings. The Hall–Kier alpha value is -1.72. The Morgan fingerprint density at radius 2 is 2.12 bits per heavy atom. The lowest BCUT2D eigenvalue weighted by Gasteiger charge is -2.19. The van der Waals surface area contributed by atoms with Crippen LogP contribution < -0.4 is 0 Å². The molecule has 0 heterocycles. The van der Waals surface area contributed by atoms with E-state index in [0.717, 1.165) is 12.1 Å². The Morgan fingerprint density at radius 3 is 2.59 bits per heavy atom. The number of esters is 1. The maximum atomic E-state index is 12.7. The van der Waals surface area contributed by atoms with Crippen molar-refractivity contribution in [3.63, 3.8) is 0 Å². The topological polar surface area (TPSA) is 46.5 Å². The second-order valence-corrected chi connectivity index (χ2v) is 3.32. The van der Waals surface area contributed by atoms with Gasteiger partial charge in [-0.15, -0.1) is 0 Å². The van der Waals surface area contributed by atoms with Crippen molar-refractivity contribution in [2.45, 2.75) is 19.0 Å². The van der Waals surface area contributed by atoms with Crippen LogP contribution >= 0.6 is 0 Å². The highest BCUT2D eigenvalue weighted by Crippen LogP contribution is 2.36. The van der Waals surface area contributed by atoms with E-state index in [1.807, 2.05) is 0 Å². The number of hydrogen-bond acceptors (Lipinski definition) is 3. The van der Waals surface area contributed by atoms with Crippen molar-refractivity contribution >= 4 is 5.97 Å². The van der Waals surface area contributed by atoms with E-state index in [-0.39, 0.29) is 17.9 Å². The molecule has 1 N–H and O–H groups in total. The first-order chi connectivity index (χ1) is 7.86. The SMILES string of the molecule is CCOC(=O)C(c1cccc(O)c1)C(F)(F)F. The minimum absolute atomic E-state index is 0.135. The first kappa shape index (κ1) is 13.3. The Morgan fingerprint density at radius 1 is 1.47 bits per heavy atom. The third kappa shape index (κ3) is 3.37. The Kier molecular flexibility index (Phi) is 3.98. The first-order valence-corrected chi connectivity index (χ1v) is 4.88. The fourth-order valence-electron chi connectivity index (χ4n) is 1.39. The summed E-state index contributed by atoms with van der Waals surface area (Å²) in [4.78, 5) is 11.3. The molecule has 0 aromatic heterocycles. The zero-order chi connectivity index (χ0) is 13.1. The van der Waals surface area contributed by atoms with Crippen molar-refractivity contribution in [3.05, 3.63) is 29.8 Å². The van der Waals surface area contributed by atoms with Crippen molar-refractivity contribution in [1.82, 2.24) is 0 Å². The van der Waals surface area contributed by atoms with Gasteiger partial charge in [-0.05, 0) is 24.6 Å². The van der Waals surface area contributed by atoms with E-state index in [2.05, 4.69) is 4.74 Å². The highest BCUT2D eigenvalue weighted by atomic mass is 19.4. The highest BCUT2D eigenvalue weighted by Gasteiger charge is 2.47. The van der Waals surface area contributed by atoms with Gasteiger partial charge in [0.2, 0.25) is 0 Å². The number of carbonyl (C=O) groups is 1. The van der Waals surface area contributed by atoms with Crippen molar-refractivity contribution in [2.75, 3.05) is 6.61 Å². The Bertz CT molecular complexity index is 401. The summed E-state index contributed by atoms with van der Waals surface area (Å²) in [6.07, 6.45) is -4.75. The summed E-state index contributed by atoms with van der Waals surface area (Å²) in [6.45, 7) is 1.29. The van der Waals surface area contributed by atoms with Crippen LogP contribution in [0.4, 0.5) is 13.2 Å². The first-order valence-electron chi connectivity index (χ1n) is 4.88. The standard InChI is InChI=1S/C11H11F3O3/c1-2-17-10(16)9(11(12,13)14)7-4-3-5-8(15)6-7/h3-6,9,15H,2H2,1H3. The maximum absolute atomic E-state index is 12.7. The molecule has 0 fully saturated rings. The van der Waals surface area contributed by atoms with Crippen molar-refractivity contribution in [1.29, 1.82) is 0 Å². The minimum atomic E-state index is -4.75. The number of carbonyl (C=O) groups excluding carboxylic acids is 1. The summed E-state index contributed by atoms with van der Waals surface area (Å²) in [7, 11) is 0. The molecule has 1 unspecified atom stereocenters. The molecule has 1 atom stereocenters. The smallest absolute Gasteiger partial charge is 0.406 e. The van der Waals surface area contributed by atoms with Crippen LogP contribution in [0.3, 0.4) is 0 Å². The number of hydrogen-bond donors (Lipinski definition) is 1. The van der Waals surface area contributed by atoms with Gasteiger partial charge in [0.1, 0.15) is 5.75 Å². The number of ether oxygens (including phenoxy) is 1. The monoisotopic (exact) mass is 248 g/mol. The highest BCUT2D eigenvalue weighted by molar-refractivity contribution is 5.79. The fraction of sp³-hybridized carbons (Fsp3) is 0.364. The fourth-order valence-corrected chi connectivity index (χ4v) is 1.39. The molecule has 1 aromatic carbocycles. The lowest BCUT2D eigenvalue weighted by atomic mass is 9.98. The molecule has 1 rings (SSSR count). The summed E-state index contributed by atoms with van der Waals surface area (Å²) >= 11 is 0. The van der Waals surface area contributed by atoms with Gasteiger partial charge in [-0.2, -0.15) is 13.2 Å². The number of halogens is 3. The molecule has 0 spiro atoms. The number of phenolic OH excluding ortho intramolecular Hbond substituents is 1. The summed E-state index contributed by atoms with van der Waals surface area (Å²) in [6, 6.07) is 4.48. The number of rotatable bonds is 3. The van der Waals surface area contributed by atoms with Crippen LogP contribution in [0, 0.1) is 0 Å². The molecule has 17 heavy (non-hydrogen) atoms. The molecule has 0 radical (unpaired) electrons. The van der Waals surface area contributed by atoms with Gasteiger partial charge >= 0.3 is 12.1 Å². The summed E-state index contributed by atoms with van der Waals surface area (Å²) < 4.78 is 42.6. The number of phenols is 1. The maximum Gasteiger partial charge on any atom is 0.406 e. The van der Waals surface area contributed by atoms with Gasteiger partial charge in [0, 0.05) is 0 Å². The summed E-state index contributed by atoms with van der Waals surface area (Å²) in [5.74, 6) is -4.07. The average Bonchev–Trinajstić information content (AvgIpc) is 2.15. The van der Waals surface area contributed by atoms with Gasteiger partial charge in [0.15, 0.2) is 5.92 Å². The minimum Gasteiger partial charge on any atom is -0.508 e. The Balaban J connectivity index is 3.11. The second-order valence-electron chi connectivity index (χ2n) is 3.32. The third-order valence-electron chi connectivity index (χ3n) is 2.05. The molecular formula is C11H11F3O3. The van der Waals surface area contributed by atoms with Gasteiger partial charge in [-0.3, -0.25) is 4.79 Å². The van der Waals surface area contributed by atoms with Crippen LogP contribution in [0.15, 0.2) is 24.3 Å². The van der Waals surface area contributed by atoms with Crippen LogP contribution in [0.5, 0.6) is 5.75 Å². The predicted molar refractivity (Wildman–Crippen MR) is 53.5 cm³/mol. The number of benzene rings is 1. The Labute approximate surface area is 95.8 Å². The van der Waals surface area contributed by atoms with Gasteiger partial charge in [0.05, 0.1) is 6.61 Å². The molecule has 0 amide bonds. The zero-order valence-electron chi connectivity index (χ0n) is 8.99. The molecule has 3 nitrogen and oxygen atoms in total. The molecule has 0 aliphatic heterocycles. The van der Waals surface area contributed by atoms with Crippen LogP contribution in [0.2, 0.25) is 0 Å². The second kappa shape index (κ2) is 5.07. The molecule has 0 bridgehead atoms. The quantitative estimate of drug-likeness (QED) is 0.836. The molecule has 94 valence electrons. The van der Waals surface area contributed by atoms with Gasteiger partial charge in [-0.1, -0.05) is 12.1 Å². The molecule has 0 aliphatic carbocycles. The molecule has 0 saturated carbocycles. The third-order valence-corrected chi connectivity index (χ3v) is 2.05. The lowest BCUT2D eigenvalue weighted by Crippen LogP contribution is -2.30. The predicted octanol–water partition coefficient (Wildman–Crippen LogP) is 2.60. The molecule has 0 saturated heterocycles. The lowest BCUT2D eigenvalue weighted by molar-refractivity contribution is -0.180. The average molecular weight is 248 g/mol. The summed E-state index contributed by atoms with van der Waals surface area (Å²) in [5, 5.41) is 9.12. The van der Waals surface area contributed by atoms with Crippen LogP contribution in [-0.2, 0) is 9.53 Å². The van der Waals surface area contributed by atoms with Gasteiger partial charge in [0.25, 0.3) is 0 Å². The van der Waals surface area contributed by atoms with Crippen molar-refractivity contribution in [3.8, 4) is 5.75 Å². The van der Waals surface area contributed by atoms with E-state index < -0.39 is 18.1 Å². The van der Waals surface area contributed by atoms with E-state index in [1.165, 1.54) is 19.1 Å². The van der Waals surface area contributed by atoms with E-state index in [9.17, 15) is 18.0 Å². The normalized spacial score (nSPS) is 13.2. The summed E-state index contributed by atoms with van der Waals surface area (Å²) in [5.41, 5.74) is -0.337. The number of aromatic hydroxyl groups is 1. The van der Waals surface area contributed by atoms with E-state index in [1.54, 1.807) is 0 Å². The molecular weight excluding hydrogens is 237 g/mol. The van der Waals surface area contributed by atoms with Crippen LogP contribution in [-0.4, -0.2) is 23.9 Å². The molecule has 6 heteroatoms. The van der Waals surface area contributed by atoms with Crippen LogP contribution in [0.1, 0.15) is 18.4 Å². The largest absolute Gasteiger partial charge is 0.508 e. The van der Waals surface area contributed by atoms with E-state index in [4.69, 9.17) is 5.11 Å². The zero-order valence-corrected chi connectivity index (χ0v) is 8.99.